The summed E-state index contributed by atoms with van der Waals surface area (Å²) in [6.45, 7) is 2.05. The van der Waals surface area contributed by atoms with Crippen molar-refractivity contribution in [2.45, 2.75) is 19.0 Å². The zero-order valence-electron chi connectivity index (χ0n) is 16.2. The Kier molecular flexibility index (Phi) is 5.45. The molecule has 6 heteroatoms. The molecule has 1 N–H and O–H groups in total. The number of carbonyl (C=O) groups is 1. The molecule has 0 aliphatic carbocycles. The summed E-state index contributed by atoms with van der Waals surface area (Å²) in [5.74, 6) is -2.40. The van der Waals surface area contributed by atoms with Crippen LogP contribution in [0.1, 0.15) is 33.2 Å². The van der Waals surface area contributed by atoms with Crippen molar-refractivity contribution in [1.82, 2.24) is 14.8 Å². The standard InChI is InChI=1S/C23H23F2N3O/c1-27-11-4-7-21(27)22(28-12-10-16-5-2-3-6-18(16)15-28)14-26-23(29)17-8-9-19(24)20(25)13-17/h2-9,11,13,22H,10,12,14-15H2,1H3,(H,26,29). The van der Waals surface area contributed by atoms with E-state index in [1.54, 1.807) is 0 Å². The van der Waals surface area contributed by atoms with Crippen LogP contribution in [0.4, 0.5) is 8.78 Å². The first kappa shape index (κ1) is 19.3. The van der Waals surface area contributed by atoms with Crippen LogP contribution in [0.5, 0.6) is 0 Å². The first-order valence-electron chi connectivity index (χ1n) is 9.68. The third-order valence-electron chi connectivity index (χ3n) is 5.56. The van der Waals surface area contributed by atoms with Crippen LogP contribution in [0.2, 0.25) is 0 Å². The van der Waals surface area contributed by atoms with Crippen molar-refractivity contribution >= 4 is 5.91 Å². The van der Waals surface area contributed by atoms with Gasteiger partial charge in [0.25, 0.3) is 5.91 Å². The van der Waals surface area contributed by atoms with Gasteiger partial charge in [-0.3, -0.25) is 9.69 Å². The number of halogens is 2. The molecule has 0 fully saturated rings. The van der Waals surface area contributed by atoms with Crippen molar-refractivity contribution in [3.63, 3.8) is 0 Å². The summed E-state index contributed by atoms with van der Waals surface area (Å²) in [4.78, 5) is 14.9. The van der Waals surface area contributed by atoms with Crippen molar-refractivity contribution in [2.24, 2.45) is 7.05 Å². The summed E-state index contributed by atoms with van der Waals surface area (Å²) in [7, 11) is 1.98. The maximum atomic E-state index is 13.5. The third kappa shape index (κ3) is 4.07. The number of benzene rings is 2. The lowest BCUT2D eigenvalue weighted by Crippen LogP contribution is -2.41. The molecule has 1 aliphatic heterocycles. The van der Waals surface area contributed by atoms with Crippen LogP contribution in [-0.4, -0.2) is 28.5 Å². The monoisotopic (exact) mass is 395 g/mol. The fourth-order valence-corrected chi connectivity index (χ4v) is 3.95. The van der Waals surface area contributed by atoms with E-state index in [1.807, 2.05) is 25.4 Å². The van der Waals surface area contributed by atoms with E-state index < -0.39 is 17.5 Å². The van der Waals surface area contributed by atoms with E-state index in [-0.39, 0.29) is 11.6 Å². The molecule has 4 rings (SSSR count). The lowest BCUT2D eigenvalue weighted by Gasteiger charge is -2.36. The van der Waals surface area contributed by atoms with Crippen LogP contribution >= 0.6 is 0 Å². The van der Waals surface area contributed by atoms with Gasteiger partial charge in [0, 0.05) is 44.1 Å². The average Bonchev–Trinajstić information content (AvgIpc) is 3.15. The van der Waals surface area contributed by atoms with Crippen LogP contribution in [0.15, 0.2) is 60.8 Å². The normalized spacial score (nSPS) is 15.0. The number of nitrogens with one attached hydrogen (secondary N) is 1. The Morgan fingerprint density at radius 3 is 2.59 bits per heavy atom. The molecule has 1 aliphatic rings. The van der Waals surface area contributed by atoms with Crippen molar-refractivity contribution in [2.75, 3.05) is 13.1 Å². The first-order chi connectivity index (χ1) is 14.0. The molecule has 2 heterocycles. The molecule has 4 nitrogen and oxygen atoms in total. The predicted octanol–water partition coefficient (Wildman–Crippen LogP) is 3.83. The van der Waals surface area contributed by atoms with Crippen LogP contribution in [0.25, 0.3) is 0 Å². The lowest BCUT2D eigenvalue weighted by molar-refractivity contribution is 0.0925. The molecule has 0 saturated heterocycles. The minimum atomic E-state index is -1.02. The zero-order chi connectivity index (χ0) is 20.4. The maximum Gasteiger partial charge on any atom is 0.251 e. The number of amides is 1. The fourth-order valence-electron chi connectivity index (χ4n) is 3.95. The van der Waals surface area contributed by atoms with Crippen molar-refractivity contribution < 1.29 is 13.6 Å². The predicted molar refractivity (Wildman–Crippen MR) is 107 cm³/mol. The smallest absolute Gasteiger partial charge is 0.251 e. The molecule has 1 amide bonds. The van der Waals surface area contributed by atoms with E-state index in [0.717, 1.165) is 37.3 Å². The number of aromatic nitrogens is 1. The number of aryl methyl sites for hydroxylation is 1. The topological polar surface area (TPSA) is 37.3 Å². The number of hydrogen-bond donors (Lipinski definition) is 1. The minimum absolute atomic E-state index is 0.0300. The van der Waals surface area contributed by atoms with Crippen LogP contribution in [-0.2, 0) is 20.0 Å². The fraction of sp³-hybridized carbons (Fsp3) is 0.261. The summed E-state index contributed by atoms with van der Waals surface area (Å²) in [5, 5.41) is 2.90. The molecular formula is C23H23F2N3O. The average molecular weight is 395 g/mol. The highest BCUT2D eigenvalue weighted by Gasteiger charge is 2.27. The van der Waals surface area contributed by atoms with Crippen LogP contribution < -0.4 is 5.32 Å². The number of hydrogen-bond acceptors (Lipinski definition) is 2. The van der Waals surface area contributed by atoms with E-state index >= 15 is 0 Å². The van der Waals surface area contributed by atoms with E-state index in [2.05, 4.69) is 39.0 Å². The van der Waals surface area contributed by atoms with Gasteiger partial charge < -0.3 is 9.88 Å². The molecule has 1 unspecified atom stereocenters. The highest BCUT2D eigenvalue weighted by atomic mass is 19.2. The Bertz CT molecular complexity index is 1030. The van der Waals surface area contributed by atoms with Gasteiger partial charge in [0.2, 0.25) is 0 Å². The lowest BCUT2D eigenvalue weighted by atomic mass is 9.97. The number of carbonyl (C=O) groups excluding carboxylic acids is 1. The largest absolute Gasteiger partial charge is 0.353 e. The van der Waals surface area contributed by atoms with E-state index in [0.29, 0.717) is 6.54 Å². The second-order valence-electron chi connectivity index (χ2n) is 7.39. The Hall–Kier alpha value is -2.99. The van der Waals surface area contributed by atoms with E-state index in [1.165, 1.54) is 17.2 Å². The molecule has 0 radical (unpaired) electrons. The van der Waals surface area contributed by atoms with E-state index in [4.69, 9.17) is 0 Å². The zero-order valence-corrected chi connectivity index (χ0v) is 16.2. The minimum Gasteiger partial charge on any atom is -0.353 e. The Morgan fingerprint density at radius 1 is 1.07 bits per heavy atom. The quantitative estimate of drug-likeness (QED) is 0.713. The van der Waals surface area contributed by atoms with Gasteiger partial charge in [-0.25, -0.2) is 8.78 Å². The van der Waals surface area contributed by atoms with Crippen LogP contribution in [0, 0.1) is 11.6 Å². The van der Waals surface area contributed by atoms with E-state index in [9.17, 15) is 13.6 Å². The molecule has 29 heavy (non-hydrogen) atoms. The van der Waals surface area contributed by atoms with Gasteiger partial charge in [-0.1, -0.05) is 24.3 Å². The molecule has 1 atom stereocenters. The summed E-state index contributed by atoms with van der Waals surface area (Å²) in [6, 6.07) is 15.6. The molecule has 0 saturated carbocycles. The van der Waals surface area contributed by atoms with Crippen LogP contribution in [0.3, 0.4) is 0 Å². The van der Waals surface area contributed by atoms with Gasteiger partial charge in [-0.05, 0) is 47.9 Å². The molecular weight excluding hydrogens is 372 g/mol. The summed E-state index contributed by atoms with van der Waals surface area (Å²) in [5.41, 5.74) is 3.86. The van der Waals surface area contributed by atoms with Crippen molar-refractivity contribution in [3.05, 3.63) is 94.8 Å². The molecule has 3 aromatic rings. The Labute approximate surface area is 168 Å². The van der Waals surface area contributed by atoms with Gasteiger partial charge >= 0.3 is 0 Å². The summed E-state index contributed by atoms with van der Waals surface area (Å²) in [6.07, 6.45) is 2.94. The second-order valence-corrected chi connectivity index (χ2v) is 7.39. The van der Waals surface area contributed by atoms with Crippen molar-refractivity contribution in [3.8, 4) is 0 Å². The molecule has 0 bridgehead atoms. The van der Waals surface area contributed by atoms with Gasteiger partial charge in [-0.15, -0.1) is 0 Å². The highest BCUT2D eigenvalue weighted by molar-refractivity contribution is 5.94. The molecule has 0 spiro atoms. The third-order valence-corrected chi connectivity index (χ3v) is 5.56. The highest BCUT2D eigenvalue weighted by Crippen LogP contribution is 2.27. The van der Waals surface area contributed by atoms with Gasteiger partial charge in [0.15, 0.2) is 11.6 Å². The van der Waals surface area contributed by atoms with Gasteiger partial charge in [0.1, 0.15) is 0 Å². The van der Waals surface area contributed by atoms with Crippen molar-refractivity contribution in [1.29, 1.82) is 0 Å². The number of nitrogens with zero attached hydrogens (tertiary/aromatic N) is 2. The summed E-state index contributed by atoms with van der Waals surface area (Å²) < 4.78 is 28.7. The first-order valence-corrected chi connectivity index (χ1v) is 9.68. The number of rotatable bonds is 5. The molecule has 150 valence electrons. The van der Waals surface area contributed by atoms with Gasteiger partial charge in [-0.2, -0.15) is 0 Å². The second kappa shape index (κ2) is 8.17. The Balaban J connectivity index is 1.53. The Morgan fingerprint density at radius 2 is 1.86 bits per heavy atom. The SMILES string of the molecule is Cn1cccc1C(CNC(=O)c1ccc(F)c(F)c1)N1CCc2ccccc2C1. The molecule has 1 aromatic heterocycles. The summed E-state index contributed by atoms with van der Waals surface area (Å²) >= 11 is 0. The maximum absolute atomic E-state index is 13.5. The number of fused-ring (bicyclic) bond motifs is 1. The molecule has 2 aromatic carbocycles. The van der Waals surface area contributed by atoms with Gasteiger partial charge in [0.05, 0.1) is 6.04 Å².